The molecule has 116 valence electrons. The summed E-state index contributed by atoms with van der Waals surface area (Å²) in [6, 6.07) is 15.1. The van der Waals surface area contributed by atoms with Crippen LogP contribution in [0.3, 0.4) is 0 Å². The Morgan fingerprint density at radius 1 is 1.09 bits per heavy atom. The standard InChI is InChI=1S/C17H13NO5/c19-16-12-8-4-5-9-14(12)23-17(20)15(16)13(10-18(21)22)11-6-2-1-3-7-11/h1-9,13,19H,10H2. The van der Waals surface area contributed by atoms with Crippen LogP contribution in [0.25, 0.3) is 11.0 Å². The van der Waals surface area contributed by atoms with Crippen molar-refractivity contribution in [2.75, 3.05) is 6.54 Å². The first kappa shape index (κ1) is 14.8. The molecule has 3 rings (SSSR count). The van der Waals surface area contributed by atoms with Crippen molar-refractivity contribution in [3.63, 3.8) is 0 Å². The first-order valence-corrected chi connectivity index (χ1v) is 6.99. The van der Waals surface area contributed by atoms with Gasteiger partial charge < -0.3 is 9.52 Å². The average molecular weight is 311 g/mol. The second-order valence-electron chi connectivity index (χ2n) is 5.13. The van der Waals surface area contributed by atoms with Gasteiger partial charge in [0.25, 0.3) is 0 Å². The van der Waals surface area contributed by atoms with Gasteiger partial charge in [-0.1, -0.05) is 42.5 Å². The van der Waals surface area contributed by atoms with Crippen LogP contribution in [0, 0.1) is 10.1 Å². The van der Waals surface area contributed by atoms with Crippen LogP contribution in [0.5, 0.6) is 5.75 Å². The predicted molar refractivity (Wildman–Crippen MR) is 84.3 cm³/mol. The molecule has 0 radical (unpaired) electrons. The van der Waals surface area contributed by atoms with Gasteiger partial charge in [0, 0.05) is 4.92 Å². The number of hydrogen-bond acceptors (Lipinski definition) is 5. The lowest BCUT2D eigenvalue weighted by Gasteiger charge is -2.14. The van der Waals surface area contributed by atoms with Gasteiger partial charge in [0.2, 0.25) is 6.54 Å². The third-order valence-electron chi connectivity index (χ3n) is 3.70. The summed E-state index contributed by atoms with van der Waals surface area (Å²) in [4.78, 5) is 22.8. The molecule has 0 spiro atoms. The molecule has 23 heavy (non-hydrogen) atoms. The first-order chi connectivity index (χ1) is 11.1. The van der Waals surface area contributed by atoms with Crippen LogP contribution >= 0.6 is 0 Å². The zero-order valence-electron chi connectivity index (χ0n) is 12.0. The number of nitrogens with zero attached hydrogens (tertiary/aromatic N) is 1. The molecule has 1 aromatic heterocycles. The fourth-order valence-electron chi connectivity index (χ4n) is 2.65. The molecule has 0 saturated carbocycles. The fourth-order valence-corrected chi connectivity index (χ4v) is 2.65. The van der Waals surface area contributed by atoms with Gasteiger partial charge in [-0.2, -0.15) is 0 Å². The summed E-state index contributed by atoms with van der Waals surface area (Å²) in [5.74, 6) is -1.15. The highest BCUT2D eigenvalue weighted by Crippen LogP contribution is 2.34. The van der Waals surface area contributed by atoms with Crippen LogP contribution < -0.4 is 5.63 Å². The molecule has 0 aliphatic carbocycles. The molecule has 0 aliphatic rings. The predicted octanol–water partition coefficient (Wildman–Crippen LogP) is 2.91. The number of rotatable bonds is 4. The van der Waals surface area contributed by atoms with E-state index in [0.717, 1.165) is 0 Å². The van der Waals surface area contributed by atoms with Gasteiger partial charge in [-0.15, -0.1) is 0 Å². The smallest absolute Gasteiger partial charge is 0.344 e. The third-order valence-corrected chi connectivity index (χ3v) is 3.70. The van der Waals surface area contributed by atoms with E-state index in [1.54, 1.807) is 54.6 Å². The maximum absolute atomic E-state index is 12.3. The fraction of sp³-hybridized carbons (Fsp3) is 0.118. The van der Waals surface area contributed by atoms with Crippen molar-refractivity contribution in [3.05, 3.63) is 86.3 Å². The molecule has 0 amide bonds. The minimum atomic E-state index is -0.882. The van der Waals surface area contributed by atoms with Crippen molar-refractivity contribution in [2.24, 2.45) is 0 Å². The number of benzene rings is 2. The van der Waals surface area contributed by atoms with Crippen LogP contribution in [-0.2, 0) is 0 Å². The van der Waals surface area contributed by atoms with Gasteiger partial charge in [-0.25, -0.2) is 4.79 Å². The van der Waals surface area contributed by atoms with Gasteiger partial charge in [0.05, 0.1) is 16.9 Å². The quantitative estimate of drug-likeness (QED) is 0.454. The second kappa shape index (κ2) is 5.92. The lowest BCUT2D eigenvalue weighted by Crippen LogP contribution is -2.21. The van der Waals surface area contributed by atoms with Gasteiger partial charge in [0.1, 0.15) is 11.3 Å². The molecule has 3 aromatic rings. The van der Waals surface area contributed by atoms with Crippen molar-refractivity contribution in [1.29, 1.82) is 0 Å². The molecule has 6 heteroatoms. The van der Waals surface area contributed by atoms with Crippen molar-refractivity contribution in [3.8, 4) is 5.75 Å². The first-order valence-electron chi connectivity index (χ1n) is 6.99. The Morgan fingerprint density at radius 2 is 1.74 bits per heavy atom. The van der Waals surface area contributed by atoms with E-state index in [4.69, 9.17) is 4.42 Å². The summed E-state index contributed by atoms with van der Waals surface area (Å²) in [6.07, 6.45) is 0. The highest BCUT2D eigenvalue weighted by molar-refractivity contribution is 5.84. The van der Waals surface area contributed by atoms with E-state index in [1.807, 2.05) is 0 Å². The molecule has 1 heterocycles. The number of fused-ring (bicyclic) bond motifs is 1. The number of hydrogen-bond donors (Lipinski definition) is 1. The zero-order valence-corrected chi connectivity index (χ0v) is 12.0. The van der Waals surface area contributed by atoms with E-state index in [0.29, 0.717) is 10.9 Å². The maximum Gasteiger partial charge on any atom is 0.344 e. The Balaban J connectivity index is 2.26. The molecule has 2 aromatic carbocycles. The number of aromatic hydroxyl groups is 1. The summed E-state index contributed by atoms with van der Waals surface area (Å²) in [5.41, 5.74) is -0.0442. The van der Waals surface area contributed by atoms with Crippen molar-refractivity contribution < 1.29 is 14.4 Å². The lowest BCUT2D eigenvalue weighted by atomic mass is 9.91. The molecule has 0 saturated heterocycles. The third kappa shape index (κ3) is 2.78. The van der Waals surface area contributed by atoms with Crippen molar-refractivity contribution >= 4 is 11.0 Å². The summed E-state index contributed by atoms with van der Waals surface area (Å²) < 4.78 is 5.22. The minimum Gasteiger partial charge on any atom is -0.507 e. The Hall–Kier alpha value is -3.15. The summed E-state index contributed by atoms with van der Waals surface area (Å²) >= 11 is 0. The Bertz CT molecular complexity index is 917. The molecule has 0 fully saturated rings. The number of nitro groups is 1. The van der Waals surface area contributed by atoms with Crippen LogP contribution in [0.2, 0.25) is 0 Å². The maximum atomic E-state index is 12.3. The molecule has 0 bridgehead atoms. The topological polar surface area (TPSA) is 93.6 Å². The molecule has 6 nitrogen and oxygen atoms in total. The monoisotopic (exact) mass is 311 g/mol. The Morgan fingerprint density at radius 3 is 2.43 bits per heavy atom. The van der Waals surface area contributed by atoms with E-state index in [-0.39, 0.29) is 16.9 Å². The largest absolute Gasteiger partial charge is 0.507 e. The van der Waals surface area contributed by atoms with E-state index < -0.39 is 23.0 Å². The van der Waals surface area contributed by atoms with Gasteiger partial charge >= 0.3 is 5.63 Å². The molecular weight excluding hydrogens is 298 g/mol. The van der Waals surface area contributed by atoms with Crippen LogP contribution in [-0.4, -0.2) is 16.6 Å². The summed E-state index contributed by atoms with van der Waals surface area (Å²) in [6.45, 7) is -0.513. The minimum absolute atomic E-state index is 0.0911. The van der Waals surface area contributed by atoms with Crippen LogP contribution in [0.15, 0.2) is 63.8 Å². The van der Waals surface area contributed by atoms with Gasteiger partial charge in [-0.3, -0.25) is 10.1 Å². The van der Waals surface area contributed by atoms with Crippen LogP contribution in [0.4, 0.5) is 0 Å². The van der Waals surface area contributed by atoms with Gasteiger partial charge in [-0.05, 0) is 17.7 Å². The zero-order chi connectivity index (χ0) is 16.4. The Kier molecular flexibility index (Phi) is 3.80. The summed E-state index contributed by atoms with van der Waals surface area (Å²) in [5, 5.41) is 21.9. The van der Waals surface area contributed by atoms with Crippen LogP contribution in [0.1, 0.15) is 17.0 Å². The number of para-hydroxylation sites is 1. The molecular formula is C17H13NO5. The van der Waals surface area contributed by atoms with Crippen molar-refractivity contribution in [2.45, 2.75) is 5.92 Å². The van der Waals surface area contributed by atoms with E-state index >= 15 is 0 Å². The van der Waals surface area contributed by atoms with E-state index in [1.165, 1.54) is 0 Å². The highest BCUT2D eigenvalue weighted by Gasteiger charge is 2.28. The Labute approximate surface area is 130 Å². The molecule has 1 N–H and O–H groups in total. The molecule has 0 aliphatic heterocycles. The molecule has 1 unspecified atom stereocenters. The lowest BCUT2D eigenvalue weighted by molar-refractivity contribution is -0.481. The normalized spacial score (nSPS) is 12.2. The van der Waals surface area contributed by atoms with E-state index in [2.05, 4.69) is 0 Å². The summed E-state index contributed by atoms with van der Waals surface area (Å²) in [7, 11) is 0. The van der Waals surface area contributed by atoms with Gasteiger partial charge in [0.15, 0.2) is 0 Å². The average Bonchev–Trinajstić information content (AvgIpc) is 2.54. The van der Waals surface area contributed by atoms with E-state index in [9.17, 15) is 20.0 Å². The SMILES string of the molecule is O=c1oc2ccccc2c(O)c1C(C[N+](=O)[O-])c1ccccc1. The highest BCUT2D eigenvalue weighted by atomic mass is 16.6. The second-order valence-corrected chi connectivity index (χ2v) is 5.13. The molecule has 1 atom stereocenters. The van der Waals surface area contributed by atoms with Crippen molar-refractivity contribution in [1.82, 2.24) is 0 Å².